The maximum Gasteiger partial charge on any atom is 0.178 e. The van der Waals surface area contributed by atoms with Gasteiger partial charge in [0.15, 0.2) is 5.11 Å². The first-order chi connectivity index (χ1) is 8.93. The SMILES string of the molecule is CCOc1ccc(N2C(=S)NC(C)(C)C=C2C)cc1. The Morgan fingerprint density at radius 2 is 1.89 bits per heavy atom. The van der Waals surface area contributed by atoms with Gasteiger partial charge in [0, 0.05) is 11.4 Å². The van der Waals surface area contributed by atoms with E-state index in [-0.39, 0.29) is 5.54 Å². The van der Waals surface area contributed by atoms with Gasteiger partial charge in [-0.05, 0) is 70.3 Å². The number of anilines is 1. The second-order valence-corrected chi connectivity index (χ2v) is 5.59. The van der Waals surface area contributed by atoms with Crippen LogP contribution in [-0.2, 0) is 0 Å². The van der Waals surface area contributed by atoms with Gasteiger partial charge < -0.3 is 10.1 Å². The zero-order chi connectivity index (χ0) is 14.0. The van der Waals surface area contributed by atoms with Crippen LogP contribution in [0.15, 0.2) is 36.0 Å². The van der Waals surface area contributed by atoms with Crippen molar-refractivity contribution in [3.8, 4) is 5.75 Å². The lowest BCUT2D eigenvalue weighted by molar-refractivity contribution is 0.340. The van der Waals surface area contributed by atoms with Gasteiger partial charge in [-0.3, -0.25) is 4.90 Å². The Morgan fingerprint density at radius 3 is 2.42 bits per heavy atom. The second kappa shape index (κ2) is 5.21. The summed E-state index contributed by atoms with van der Waals surface area (Å²) in [5.41, 5.74) is 2.09. The van der Waals surface area contributed by atoms with Crippen molar-refractivity contribution < 1.29 is 4.74 Å². The van der Waals surface area contributed by atoms with E-state index in [1.807, 2.05) is 36.1 Å². The Morgan fingerprint density at radius 1 is 1.26 bits per heavy atom. The summed E-state index contributed by atoms with van der Waals surface area (Å²) in [7, 11) is 0. The zero-order valence-electron chi connectivity index (χ0n) is 11.9. The molecule has 1 N–H and O–H groups in total. The summed E-state index contributed by atoms with van der Waals surface area (Å²) in [6.45, 7) is 8.95. The van der Waals surface area contributed by atoms with E-state index in [2.05, 4.69) is 32.2 Å². The summed E-state index contributed by atoms with van der Waals surface area (Å²) < 4.78 is 5.45. The van der Waals surface area contributed by atoms with E-state index in [1.165, 1.54) is 0 Å². The second-order valence-electron chi connectivity index (χ2n) is 5.20. The highest BCUT2D eigenvalue weighted by Crippen LogP contribution is 2.27. The van der Waals surface area contributed by atoms with E-state index in [9.17, 15) is 0 Å². The Balaban J connectivity index is 2.28. The van der Waals surface area contributed by atoms with Gasteiger partial charge in [0.1, 0.15) is 5.75 Å². The Hall–Kier alpha value is -1.55. The summed E-state index contributed by atoms with van der Waals surface area (Å²) in [4.78, 5) is 2.04. The number of nitrogens with zero attached hydrogens (tertiary/aromatic N) is 1. The standard InChI is InChI=1S/C15H20N2OS/c1-5-18-13-8-6-12(7-9-13)17-11(2)10-15(3,4)16-14(17)19/h6-10H,5H2,1-4H3,(H,16,19). The lowest BCUT2D eigenvalue weighted by atomic mass is 10.0. The summed E-state index contributed by atoms with van der Waals surface area (Å²) in [6.07, 6.45) is 2.18. The van der Waals surface area contributed by atoms with Crippen molar-refractivity contribution in [2.24, 2.45) is 0 Å². The van der Waals surface area contributed by atoms with E-state index in [0.717, 1.165) is 22.2 Å². The largest absolute Gasteiger partial charge is 0.494 e. The van der Waals surface area contributed by atoms with Gasteiger partial charge in [-0.15, -0.1) is 0 Å². The molecule has 19 heavy (non-hydrogen) atoms. The third kappa shape index (κ3) is 3.07. The quantitative estimate of drug-likeness (QED) is 0.855. The summed E-state index contributed by atoms with van der Waals surface area (Å²) in [5, 5.41) is 4.05. The number of nitrogens with one attached hydrogen (secondary N) is 1. The fraction of sp³-hybridized carbons (Fsp3) is 0.400. The van der Waals surface area contributed by atoms with E-state index < -0.39 is 0 Å². The van der Waals surface area contributed by atoms with Crippen LogP contribution in [0.1, 0.15) is 27.7 Å². The molecule has 1 aromatic rings. The molecule has 3 nitrogen and oxygen atoms in total. The monoisotopic (exact) mass is 276 g/mol. The molecule has 0 atom stereocenters. The molecule has 1 aliphatic heterocycles. The lowest BCUT2D eigenvalue weighted by Crippen LogP contribution is -2.53. The lowest BCUT2D eigenvalue weighted by Gasteiger charge is -2.38. The van der Waals surface area contributed by atoms with Crippen LogP contribution in [0.5, 0.6) is 5.75 Å². The maximum absolute atomic E-state index is 5.46. The van der Waals surface area contributed by atoms with E-state index in [0.29, 0.717) is 6.61 Å². The zero-order valence-corrected chi connectivity index (χ0v) is 12.7. The van der Waals surface area contributed by atoms with Gasteiger partial charge in [-0.1, -0.05) is 0 Å². The summed E-state index contributed by atoms with van der Waals surface area (Å²) in [5.74, 6) is 0.879. The molecule has 102 valence electrons. The van der Waals surface area contributed by atoms with Gasteiger partial charge in [0.25, 0.3) is 0 Å². The molecule has 0 bridgehead atoms. The van der Waals surface area contributed by atoms with Crippen molar-refractivity contribution in [1.82, 2.24) is 5.32 Å². The van der Waals surface area contributed by atoms with Crippen molar-refractivity contribution in [3.05, 3.63) is 36.0 Å². The van der Waals surface area contributed by atoms with Crippen molar-refractivity contribution in [1.29, 1.82) is 0 Å². The van der Waals surface area contributed by atoms with Crippen LogP contribution in [0.2, 0.25) is 0 Å². The molecule has 4 heteroatoms. The van der Waals surface area contributed by atoms with Crippen molar-refractivity contribution in [2.45, 2.75) is 33.2 Å². The highest BCUT2D eigenvalue weighted by molar-refractivity contribution is 7.80. The average molecular weight is 276 g/mol. The van der Waals surface area contributed by atoms with Gasteiger partial charge in [-0.2, -0.15) is 0 Å². The minimum atomic E-state index is -0.0943. The molecule has 0 amide bonds. The Bertz CT molecular complexity index is 505. The van der Waals surface area contributed by atoms with Crippen LogP contribution in [0, 0.1) is 0 Å². The Kier molecular flexibility index (Phi) is 3.80. The van der Waals surface area contributed by atoms with Gasteiger partial charge >= 0.3 is 0 Å². The molecular formula is C15H20N2OS. The topological polar surface area (TPSA) is 24.5 Å². The number of hydrogen-bond donors (Lipinski definition) is 1. The smallest absolute Gasteiger partial charge is 0.178 e. The minimum absolute atomic E-state index is 0.0943. The molecule has 0 saturated carbocycles. The van der Waals surface area contributed by atoms with Crippen LogP contribution in [0.3, 0.4) is 0 Å². The molecule has 0 radical (unpaired) electrons. The molecule has 0 aromatic heterocycles. The third-order valence-electron chi connectivity index (χ3n) is 2.96. The molecule has 1 aliphatic rings. The van der Waals surface area contributed by atoms with Crippen LogP contribution < -0.4 is 15.0 Å². The molecule has 1 heterocycles. The van der Waals surface area contributed by atoms with Crippen LogP contribution in [-0.4, -0.2) is 17.3 Å². The highest BCUT2D eigenvalue weighted by Gasteiger charge is 2.27. The van der Waals surface area contributed by atoms with Crippen LogP contribution >= 0.6 is 12.2 Å². The average Bonchev–Trinajstić information content (AvgIpc) is 2.29. The molecular weight excluding hydrogens is 256 g/mol. The fourth-order valence-corrected chi connectivity index (χ4v) is 2.81. The molecule has 0 unspecified atom stereocenters. The number of rotatable bonds is 3. The van der Waals surface area contributed by atoms with Crippen molar-refractivity contribution in [3.63, 3.8) is 0 Å². The van der Waals surface area contributed by atoms with Crippen LogP contribution in [0.25, 0.3) is 0 Å². The molecule has 1 aromatic carbocycles. The molecule has 0 aliphatic carbocycles. The highest BCUT2D eigenvalue weighted by atomic mass is 32.1. The molecule has 0 fully saturated rings. The Labute approximate surface area is 120 Å². The predicted octanol–water partition coefficient (Wildman–Crippen LogP) is 3.46. The van der Waals surface area contributed by atoms with Crippen molar-refractivity contribution in [2.75, 3.05) is 11.5 Å². The number of ether oxygens (including phenoxy) is 1. The number of benzene rings is 1. The van der Waals surface area contributed by atoms with E-state index in [4.69, 9.17) is 17.0 Å². The normalized spacial score (nSPS) is 17.8. The molecule has 2 rings (SSSR count). The summed E-state index contributed by atoms with van der Waals surface area (Å²) in [6, 6.07) is 7.98. The van der Waals surface area contributed by atoms with Gasteiger partial charge in [0.2, 0.25) is 0 Å². The fourth-order valence-electron chi connectivity index (χ4n) is 2.29. The van der Waals surface area contributed by atoms with E-state index in [1.54, 1.807) is 0 Å². The number of thiocarbonyl (C=S) groups is 1. The van der Waals surface area contributed by atoms with Gasteiger partial charge in [0.05, 0.1) is 12.1 Å². The predicted molar refractivity (Wildman–Crippen MR) is 83.7 cm³/mol. The minimum Gasteiger partial charge on any atom is -0.494 e. The number of allylic oxidation sites excluding steroid dienone is 1. The first-order valence-corrected chi connectivity index (χ1v) is 6.88. The van der Waals surface area contributed by atoms with Crippen molar-refractivity contribution >= 4 is 23.0 Å². The van der Waals surface area contributed by atoms with E-state index >= 15 is 0 Å². The summed E-state index contributed by atoms with van der Waals surface area (Å²) >= 11 is 5.46. The molecule has 0 saturated heterocycles. The first-order valence-electron chi connectivity index (χ1n) is 6.47. The van der Waals surface area contributed by atoms with Crippen LogP contribution in [0.4, 0.5) is 5.69 Å². The number of hydrogen-bond acceptors (Lipinski definition) is 2. The van der Waals surface area contributed by atoms with Gasteiger partial charge in [-0.25, -0.2) is 0 Å². The first kappa shape index (κ1) is 13.9. The maximum atomic E-state index is 5.46. The third-order valence-corrected chi connectivity index (χ3v) is 3.25. The molecule has 0 spiro atoms.